The Labute approximate surface area is 201 Å². The maximum absolute atomic E-state index is 12.7. The van der Waals surface area contributed by atoms with Crippen molar-refractivity contribution < 1.29 is 19.1 Å². The number of amides is 3. The van der Waals surface area contributed by atoms with E-state index in [1.54, 1.807) is 36.3 Å². The maximum atomic E-state index is 12.7. The summed E-state index contributed by atoms with van der Waals surface area (Å²) in [4.78, 5) is 39.0. The summed E-state index contributed by atoms with van der Waals surface area (Å²) in [5.74, 6) is -0.377. The summed E-state index contributed by atoms with van der Waals surface area (Å²) >= 11 is 1.25. The Balaban J connectivity index is 1.26. The van der Waals surface area contributed by atoms with Gasteiger partial charge in [-0.3, -0.25) is 14.4 Å². The van der Waals surface area contributed by atoms with Crippen LogP contribution in [0.4, 0.5) is 10.8 Å². The first-order valence-electron chi connectivity index (χ1n) is 10.9. The van der Waals surface area contributed by atoms with E-state index in [1.807, 2.05) is 31.2 Å². The van der Waals surface area contributed by atoms with Gasteiger partial charge in [-0.15, -0.1) is 10.2 Å². The van der Waals surface area contributed by atoms with E-state index < -0.39 is 5.92 Å². The lowest BCUT2D eigenvalue weighted by atomic mass is 10.1. The molecule has 34 heavy (non-hydrogen) atoms. The van der Waals surface area contributed by atoms with Crippen molar-refractivity contribution in [1.82, 2.24) is 15.5 Å². The molecule has 2 aromatic carbocycles. The molecule has 0 bridgehead atoms. The van der Waals surface area contributed by atoms with Crippen LogP contribution < -0.4 is 20.3 Å². The highest BCUT2D eigenvalue weighted by Gasteiger charge is 2.35. The summed E-state index contributed by atoms with van der Waals surface area (Å²) < 4.78 is 5.14. The van der Waals surface area contributed by atoms with Gasteiger partial charge in [0, 0.05) is 37.2 Å². The monoisotopic (exact) mass is 479 g/mol. The number of carbonyl (C=O) groups excluding carboxylic acids is 3. The number of aromatic nitrogens is 2. The van der Waals surface area contributed by atoms with Gasteiger partial charge in [0.1, 0.15) is 10.8 Å². The summed E-state index contributed by atoms with van der Waals surface area (Å²) in [5.41, 5.74) is 2.41. The van der Waals surface area contributed by atoms with Gasteiger partial charge in [-0.05, 0) is 37.3 Å². The molecule has 10 heteroatoms. The number of rotatable bonds is 8. The van der Waals surface area contributed by atoms with Gasteiger partial charge in [-0.2, -0.15) is 0 Å². The first-order valence-corrected chi connectivity index (χ1v) is 11.7. The van der Waals surface area contributed by atoms with Gasteiger partial charge in [0.15, 0.2) is 0 Å². The molecule has 4 rings (SSSR count). The Morgan fingerprint density at radius 1 is 1.18 bits per heavy atom. The number of aryl methyl sites for hydroxylation is 1. The van der Waals surface area contributed by atoms with Gasteiger partial charge < -0.3 is 20.3 Å². The number of nitrogens with one attached hydrogen (secondary N) is 2. The minimum atomic E-state index is -0.455. The first kappa shape index (κ1) is 23.4. The van der Waals surface area contributed by atoms with Crippen LogP contribution in [0, 0.1) is 12.8 Å². The van der Waals surface area contributed by atoms with Crippen molar-refractivity contribution in [2.24, 2.45) is 5.92 Å². The molecule has 0 saturated carbocycles. The van der Waals surface area contributed by atoms with E-state index in [4.69, 9.17) is 4.74 Å². The number of nitrogens with zero attached hydrogens (tertiary/aromatic N) is 3. The summed E-state index contributed by atoms with van der Waals surface area (Å²) in [6.45, 7) is 2.69. The summed E-state index contributed by atoms with van der Waals surface area (Å²) in [6, 6.07) is 14.6. The zero-order chi connectivity index (χ0) is 24.1. The molecule has 1 aliphatic heterocycles. The average molecular weight is 480 g/mol. The van der Waals surface area contributed by atoms with Crippen molar-refractivity contribution in [3.05, 3.63) is 64.7 Å². The molecular weight excluding hydrogens is 454 g/mol. The molecule has 3 amide bonds. The molecule has 176 valence electrons. The second-order valence-corrected chi connectivity index (χ2v) is 9.03. The van der Waals surface area contributed by atoms with E-state index in [9.17, 15) is 14.4 Å². The number of methoxy groups -OCH3 is 1. The Hall–Kier alpha value is -3.79. The van der Waals surface area contributed by atoms with Gasteiger partial charge >= 0.3 is 0 Å². The molecule has 0 radical (unpaired) electrons. The van der Waals surface area contributed by atoms with Gasteiger partial charge in [0.2, 0.25) is 16.9 Å². The normalized spacial score (nSPS) is 15.3. The highest BCUT2D eigenvalue weighted by Crippen LogP contribution is 2.27. The highest BCUT2D eigenvalue weighted by atomic mass is 32.1. The number of hydrogen-bond acceptors (Lipinski definition) is 7. The van der Waals surface area contributed by atoms with Crippen LogP contribution in [0.1, 0.15) is 27.3 Å². The largest absolute Gasteiger partial charge is 0.497 e. The molecule has 1 aromatic heterocycles. The molecule has 3 aromatic rings. The van der Waals surface area contributed by atoms with Crippen LogP contribution in [-0.2, 0) is 16.0 Å². The fourth-order valence-corrected chi connectivity index (χ4v) is 4.36. The molecule has 9 nitrogen and oxygen atoms in total. The fraction of sp³-hybridized carbons (Fsp3) is 0.292. The lowest BCUT2D eigenvalue weighted by Crippen LogP contribution is -2.28. The number of anilines is 2. The predicted molar refractivity (Wildman–Crippen MR) is 129 cm³/mol. The van der Waals surface area contributed by atoms with Crippen LogP contribution in [0.15, 0.2) is 48.5 Å². The quantitative estimate of drug-likeness (QED) is 0.514. The number of benzene rings is 2. The molecule has 1 aliphatic rings. The number of ether oxygens (including phenoxy) is 1. The van der Waals surface area contributed by atoms with Gasteiger partial charge in [0.05, 0.1) is 13.0 Å². The molecule has 1 saturated heterocycles. The van der Waals surface area contributed by atoms with E-state index in [2.05, 4.69) is 20.8 Å². The molecule has 2 N–H and O–H groups in total. The standard InChI is InChI=1S/C24H25N5O4S/c1-15-6-8-18(9-7-15)29-14-17(13-21(29)30)23(32)26-24-28-27-20(34-24)10-11-25-22(31)16-4-3-5-19(12-16)33-2/h3-9,12,17H,10-11,13-14H2,1-2H3,(H,25,31)(H,26,28,32). The smallest absolute Gasteiger partial charge is 0.251 e. The summed E-state index contributed by atoms with van der Waals surface area (Å²) in [7, 11) is 1.55. The van der Waals surface area contributed by atoms with E-state index in [0.717, 1.165) is 11.3 Å². The molecule has 1 fully saturated rings. The van der Waals surface area contributed by atoms with Crippen molar-refractivity contribution >= 4 is 39.9 Å². The second-order valence-electron chi connectivity index (χ2n) is 7.97. The van der Waals surface area contributed by atoms with Crippen LogP contribution in [0.2, 0.25) is 0 Å². The SMILES string of the molecule is COc1cccc(C(=O)NCCc2nnc(NC(=O)C3CC(=O)N(c4ccc(C)cc4)C3)s2)c1. The minimum absolute atomic E-state index is 0.0752. The van der Waals surface area contributed by atoms with E-state index >= 15 is 0 Å². The maximum Gasteiger partial charge on any atom is 0.251 e. The average Bonchev–Trinajstić information content (AvgIpc) is 3.46. The second kappa shape index (κ2) is 10.4. The number of hydrogen-bond donors (Lipinski definition) is 2. The fourth-order valence-electron chi connectivity index (χ4n) is 3.62. The molecule has 0 spiro atoms. The molecular formula is C24H25N5O4S. The van der Waals surface area contributed by atoms with Crippen molar-refractivity contribution in [3.63, 3.8) is 0 Å². The van der Waals surface area contributed by atoms with Gasteiger partial charge in [-0.25, -0.2) is 0 Å². The van der Waals surface area contributed by atoms with Crippen molar-refractivity contribution in [2.75, 3.05) is 30.4 Å². The van der Waals surface area contributed by atoms with Crippen LogP contribution in [-0.4, -0.2) is 48.1 Å². The Morgan fingerprint density at radius 3 is 2.74 bits per heavy atom. The van der Waals surface area contributed by atoms with E-state index in [1.165, 1.54) is 11.3 Å². The topological polar surface area (TPSA) is 114 Å². The van der Waals surface area contributed by atoms with Crippen molar-refractivity contribution in [2.45, 2.75) is 19.8 Å². The third kappa shape index (κ3) is 5.57. The summed E-state index contributed by atoms with van der Waals surface area (Å²) in [5, 5.41) is 14.8. The highest BCUT2D eigenvalue weighted by molar-refractivity contribution is 7.15. The lowest BCUT2D eigenvalue weighted by molar-refractivity contribution is -0.122. The third-order valence-electron chi connectivity index (χ3n) is 5.49. The number of carbonyl (C=O) groups is 3. The van der Waals surface area contributed by atoms with E-state index in [-0.39, 0.29) is 24.1 Å². The van der Waals surface area contributed by atoms with Crippen molar-refractivity contribution in [1.29, 1.82) is 0 Å². The van der Waals surface area contributed by atoms with E-state index in [0.29, 0.717) is 41.0 Å². The molecule has 0 aliphatic carbocycles. The van der Waals surface area contributed by atoms with Crippen LogP contribution in [0.5, 0.6) is 5.75 Å². The summed E-state index contributed by atoms with van der Waals surface area (Å²) in [6.07, 6.45) is 0.633. The Kier molecular flexibility index (Phi) is 7.17. The first-order chi connectivity index (χ1) is 16.4. The van der Waals surface area contributed by atoms with Crippen LogP contribution >= 0.6 is 11.3 Å². The Morgan fingerprint density at radius 2 is 1.97 bits per heavy atom. The minimum Gasteiger partial charge on any atom is -0.497 e. The van der Waals surface area contributed by atoms with Crippen LogP contribution in [0.25, 0.3) is 0 Å². The predicted octanol–water partition coefficient (Wildman–Crippen LogP) is 2.82. The molecule has 2 heterocycles. The van der Waals surface area contributed by atoms with Gasteiger partial charge in [0.25, 0.3) is 5.91 Å². The zero-order valence-corrected chi connectivity index (χ0v) is 19.7. The Bertz CT molecular complexity index is 1190. The van der Waals surface area contributed by atoms with Crippen molar-refractivity contribution in [3.8, 4) is 5.75 Å². The molecule has 1 unspecified atom stereocenters. The zero-order valence-electron chi connectivity index (χ0n) is 18.9. The van der Waals surface area contributed by atoms with Gasteiger partial charge in [-0.1, -0.05) is 35.1 Å². The lowest BCUT2D eigenvalue weighted by Gasteiger charge is -2.16. The van der Waals surface area contributed by atoms with Crippen LogP contribution in [0.3, 0.4) is 0 Å². The third-order valence-corrected chi connectivity index (χ3v) is 6.39. The molecule has 1 atom stereocenters.